The molecule has 2 heterocycles. The van der Waals surface area contributed by atoms with Crippen molar-refractivity contribution in [2.75, 3.05) is 0 Å². The Morgan fingerprint density at radius 2 is 1.68 bits per heavy atom. The molecule has 6 nitrogen and oxygen atoms in total. The first kappa shape index (κ1) is 18.3. The molecule has 3 aromatic rings. The van der Waals surface area contributed by atoms with Crippen molar-refractivity contribution in [3.05, 3.63) is 73.6 Å². The summed E-state index contributed by atoms with van der Waals surface area (Å²) in [6.45, 7) is 4.29. The first-order chi connectivity index (χ1) is 13.3. The third-order valence-electron chi connectivity index (χ3n) is 5.83. The summed E-state index contributed by atoms with van der Waals surface area (Å²) in [4.78, 5) is 42.2. The van der Waals surface area contributed by atoms with Crippen LogP contribution in [-0.4, -0.2) is 19.9 Å². The Bertz CT molecular complexity index is 1220. The maximum Gasteiger partial charge on any atom is 0.332 e. The number of hydrogen-bond acceptors (Lipinski definition) is 4. The summed E-state index contributed by atoms with van der Waals surface area (Å²) < 4.78 is 2.44. The van der Waals surface area contributed by atoms with Gasteiger partial charge in [0.05, 0.1) is 5.39 Å². The maximum atomic E-state index is 12.8. The Balaban J connectivity index is 1.89. The molecular formula is C22H23N3O3. The third-order valence-corrected chi connectivity index (χ3v) is 5.83. The van der Waals surface area contributed by atoms with Gasteiger partial charge in [0.25, 0.3) is 5.56 Å². The fourth-order valence-corrected chi connectivity index (χ4v) is 4.08. The molecule has 0 aliphatic heterocycles. The monoisotopic (exact) mass is 377 g/mol. The molecule has 144 valence electrons. The largest absolute Gasteiger partial charge is 0.332 e. The van der Waals surface area contributed by atoms with Gasteiger partial charge in [0.15, 0.2) is 5.78 Å². The van der Waals surface area contributed by atoms with Gasteiger partial charge in [-0.05, 0) is 34.9 Å². The number of carbonyl (C=O) groups is 1. The lowest BCUT2D eigenvalue weighted by Crippen LogP contribution is -2.38. The second kappa shape index (κ2) is 6.55. The summed E-state index contributed by atoms with van der Waals surface area (Å²) in [5.41, 5.74) is 3.06. The van der Waals surface area contributed by atoms with Crippen LogP contribution >= 0.6 is 0 Å². The Morgan fingerprint density at radius 1 is 1.00 bits per heavy atom. The van der Waals surface area contributed by atoms with Crippen LogP contribution in [0.1, 0.15) is 59.2 Å². The highest BCUT2D eigenvalue weighted by atomic mass is 16.2. The van der Waals surface area contributed by atoms with Crippen molar-refractivity contribution in [1.29, 1.82) is 0 Å². The standard InChI is InChI=1S/C22H23N3O3/c1-12(2)13-5-7-14(8-6-13)15-9-16-17(18(26)10-15)11-23-20-19(16)21(27)25(4)22(28)24(20)3/h5-8,11-12,15H,9-10H2,1-4H3/t15-/m1/s1. The minimum Gasteiger partial charge on any atom is -0.294 e. The van der Waals surface area contributed by atoms with Gasteiger partial charge in [-0.15, -0.1) is 0 Å². The number of benzene rings is 1. The highest BCUT2D eigenvalue weighted by molar-refractivity contribution is 6.02. The number of aromatic nitrogens is 3. The Kier molecular flexibility index (Phi) is 4.29. The number of carbonyl (C=O) groups excluding carboxylic acids is 1. The second-order valence-electron chi connectivity index (χ2n) is 7.90. The Hall–Kier alpha value is -3.02. The van der Waals surface area contributed by atoms with Gasteiger partial charge in [-0.2, -0.15) is 0 Å². The van der Waals surface area contributed by atoms with Crippen molar-refractivity contribution in [1.82, 2.24) is 14.1 Å². The number of rotatable bonds is 2. The van der Waals surface area contributed by atoms with Crippen LogP contribution in [0.2, 0.25) is 0 Å². The van der Waals surface area contributed by atoms with Crippen molar-refractivity contribution < 1.29 is 4.79 Å². The van der Waals surface area contributed by atoms with E-state index in [-0.39, 0.29) is 11.7 Å². The minimum atomic E-state index is -0.423. The Labute approximate surface area is 162 Å². The Morgan fingerprint density at radius 3 is 2.32 bits per heavy atom. The van der Waals surface area contributed by atoms with Gasteiger partial charge in [0.2, 0.25) is 0 Å². The lowest BCUT2D eigenvalue weighted by Gasteiger charge is -2.25. The summed E-state index contributed by atoms with van der Waals surface area (Å²) in [5.74, 6) is 0.445. The molecule has 4 rings (SSSR count). The quantitative estimate of drug-likeness (QED) is 0.688. The molecule has 0 saturated carbocycles. The summed E-state index contributed by atoms with van der Waals surface area (Å²) in [6.07, 6.45) is 2.48. The smallest absolute Gasteiger partial charge is 0.294 e. The highest BCUT2D eigenvalue weighted by Gasteiger charge is 2.30. The van der Waals surface area contributed by atoms with Crippen LogP contribution in [0.3, 0.4) is 0 Å². The minimum absolute atomic E-state index is 0.00810. The van der Waals surface area contributed by atoms with Gasteiger partial charge in [0.1, 0.15) is 5.65 Å². The van der Waals surface area contributed by atoms with Gasteiger partial charge in [0, 0.05) is 32.3 Å². The lowest BCUT2D eigenvalue weighted by atomic mass is 9.79. The summed E-state index contributed by atoms with van der Waals surface area (Å²) in [7, 11) is 3.05. The molecule has 1 aliphatic rings. The predicted molar refractivity (Wildman–Crippen MR) is 108 cm³/mol. The average Bonchev–Trinajstić information content (AvgIpc) is 2.69. The number of hydrogen-bond donors (Lipinski definition) is 0. The van der Waals surface area contributed by atoms with Crippen LogP contribution < -0.4 is 11.2 Å². The van der Waals surface area contributed by atoms with Crippen LogP contribution in [0, 0.1) is 0 Å². The topological polar surface area (TPSA) is 74.0 Å². The normalized spacial score (nSPS) is 16.6. The van der Waals surface area contributed by atoms with E-state index in [1.54, 1.807) is 7.05 Å². The number of aryl methyl sites for hydroxylation is 1. The molecule has 0 bridgehead atoms. The van der Waals surface area contributed by atoms with E-state index in [2.05, 4.69) is 43.1 Å². The maximum absolute atomic E-state index is 12.8. The number of fused-ring (bicyclic) bond motifs is 3. The van der Waals surface area contributed by atoms with Crippen LogP contribution in [0.4, 0.5) is 0 Å². The SMILES string of the molecule is CC(C)c1ccc([C@H]2CC(=O)c3cnc4c(c3C2)c(=O)n(C)c(=O)n4C)cc1. The molecule has 0 N–H and O–H groups in total. The first-order valence-electron chi connectivity index (χ1n) is 9.50. The molecule has 1 atom stereocenters. The van der Waals surface area contributed by atoms with Gasteiger partial charge in [-0.25, -0.2) is 9.78 Å². The molecule has 1 aromatic carbocycles. The van der Waals surface area contributed by atoms with Crippen LogP contribution in [0.25, 0.3) is 11.0 Å². The van der Waals surface area contributed by atoms with Gasteiger partial charge in [-0.1, -0.05) is 38.1 Å². The molecule has 0 fully saturated rings. The first-order valence-corrected chi connectivity index (χ1v) is 9.50. The van der Waals surface area contributed by atoms with Crippen molar-refractivity contribution in [3.8, 4) is 0 Å². The molecule has 6 heteroatoms. The highest BCUT2D eigenvalue weighted by Crippen LogP contribution is 2.35. The summed E-state index contributed by atoms with van der Waals surface area (Å²) in [5, 5.41) is 0.374. The molecule has 28 heavy (non-hydrogen) atoms. The number of Topliss-reactive ketones (excluding diaryl/α,β-unsaturated/α-hetero) is 1. The zero-order valence-corrected chi connectivity index (χ0v) is 16.5. The fraction of sp³-hybridized carbons (Fsp3) is 0.364. The number of ketones is 1. The van der Waals surface area contributed by atoms with E-state index >= 15 is 0 Å². The van der Waals surface area contributed by atoms with Crippen molar-refractivity contribution in [2.45, 2.75) is 38.5 Å². The van der Waals surface area contributed by atoms with E-state index in [1.807, 2.05) is 0 Å². The number of nitrogens with zero attached hydrogens (tertiary/aromatic N) is 3. The molecule has 0 amide bonds. The molecule has 1 aliphatic carbocycles. The van der Waals surface area contributed by atoms with Gasteiger partial charge in [-0.3, -0.25) is 18.7 Å². The van der Waals surface area contributed by atoms with E-state index < -0.39 is 11.2 Å². The van der Waals surface area contributed by atoms with Crippen molar-refractivity contribution in [3.63, 3.8) is 0 Å². The molecular weight excluding hydrogens is 354 g/mol. The van der Waals surface area contributed by atoms with E-state index in [0.29, 0.717) is 40.9 Å². The van der Waals surface area contributed by atoms with Gasteiger partial charge < -0.3 is 0 Å². The van der Waals surface area contributed by atoms with Crippen LogP contribution in [0.5, 0.6) is 0 Å². The summed E-state index contributed by atoms with van der Waals surface area (Å²) >= 11 is 0. The zero-order valence-electron chi connectivity index (χ0n) is 16.5. The van der Waals surface area contributed by atoms with E-state index in [1.165, 1.54) is 23.4 Å². The molecule has 2 aromatic heterocycles. The van der Waals surface area contributed by atoms with Crippen LogP contribution in [-0.2, 0) is 20.5 Å². The third kappa shape index (κ3) is 2.71. The molecule has 0 spiro atoms. The molecule has 0 radical (unpaired) electrons. The van der Waals surface area contributed by atoms with Gasteiger partial charge >= 0.3 is 5.69 Å². The average molecular weight is 377 g/mol. The van der Waals surface area contributed by atoms with E-state index in [0.717, 1.165) is 10.1 Å². The molecule has 0 saturated heterocycles. The zero-order chi connectivity index (χ0) is 20.2. The second-order valence-corrected chi connectivity index (χ2v) is 7.90. The lowest BCUT2D eigenvalue weighted by molar-refractivity contribution is 0.0964. The fourth-order valence-electron chi connectivity index (χ4n) is 4.08. The summed E-state index contributed by atoms with van der Waals surface area (Å²) in [6, 6.07) is 8.37. The predicted octanol–water partition coefficient (Wildman–Crippen LogP) is 2.67. The molecule has 0 unspecified atom stereocenters. The van der Waals surface area contributed by atoms with E-state index in [4.69, 9.17) is 0 Å². The number of pyridine rings is 1. The van der Waals surface area contributed by atoms with Crippen molar-refractivity contribution >= 4 is 16.8 Å². The van der Waals surface area contributed by atoms with Crippen LogP contribution in [0.15, 0.2) is 40.1 Å². The van der Waals surface area contributed by atoms with Crippen molar-refractivity contribution in [2.24, 2.45) is 14.1 Å². The van der Waals surface area contributed by atoms with E-state index in [9.17, 15) is 14.4 Å².